The van der Waals surface area contributed by atoms with Crippen LogP contribution < -0.4 is 0 Å². The number of hydrogen-bond donors (Lipinski definition) is 1. The molecule has 2 rings (SSSR count). The zero-order valence-corrected chi connectivity index (χ0v) is 11.8. The monoisotopic (exact) mass is 350 g/mol. The van der Waals surface area contributed by atoms with Crippen LogP contribution in [0, 0.1) is 30.3 Å². The van der Waals surface area contributed by atoms with E-state index in [9.17, 15) is 30.3 Å². The number of benzene rings is 1. The van der Waals surface area contributed by atoms with Gasteiger partial charge in [-0.05, 0) is 0 Å². The third-order valence-electron chi connectivity index (χ3n) is 2.38. The first-order chi connectivity index (χ1) is 10.2. The fourth-order valence-electron chi connectivity index (χ4n) is 1.39. The second-order valence-corrected chi connectivity index (χ2v) is 4.54. The standard InChI is InChI=1S/C6H3N3O7.C5H5.Fe/c10-6-4(8(13)14)1-3(7(11)12)2-5(6)9(15)16;1-2-4-5-3-1;/h1-2,10H;1-3H,4H2;. The van der Waals surface area contributed by atoms with E-state index in [-0.39, 0.29) is 0 Å². The van der Waals surface area contributed by atoms with Crippen LogP contribution in [-0.2, 0) is 16.0 Å². The van der Waals surface area contributed by atoms with Crippen molar-refractivity contribution in [1.29, 1.82) is 0 Å². The van der Waals surface area contributed by atoms with Gasteiger partial charge in [0.25, 0.3) is 11.4 Å². The van der Waals surface area contributed by atoms with E-state index < -0.39 is 37.6 Å². The van der Waals surface area contributed by atoms with Crippen molar-refractivity contribution in [2.45, 2.75) is 6.42 Å². The van der Waals surface area contributed by atoms with E-state index in [0.717, 1.165) is 6.42 Å². The number of nitro groups is 3. The molecule has 0 saturated heterocycles. The van der Waals surface area contributed by atoms with Gasteiger partial charge in [-0.3, -0.25) is 30.3 Å². The average molecular weight is 350 g/mol. The van der Waals surface area contributed by atoms with Gasteiger partial charge in [-0.1, -0.05) is 0 Å². The second kappa shape index (κ2) is 7.29. The molecule has 11 heteroatoms. The van der Waals surface area contributed by atoms with Gasteiger partial charge in [0, 0.05) is 0 Å². The fraction of sp³-hybridized carbons (Fsp3) is 0.0909. The van der Waals surface area contributed by atoms with Crippen molar-refractivity contribution < 1.29 is 35.9 Å². The van der Waals surface area contributed by atoms with Crippen LogP contribution >= 0.6 is 0 Å². The molecule has 0 unspecified atom stereocenters. The van der Waals surface area contributed by atoms with Gasteiger partial charge in [-0.2, -0.15) is 0 Å². The third kappa shape index (κ3) is 4.36. The molecule has 0 fully saturated rings. The summed E-state index contributed by atoms with van der Waals surface area (Å²) >= 11 is 3.74. The van der Waals surface area contributed by atoms with Gasteiger partial charge in [0.15, 0.2) is 0 Å². The Kier molecular flexibility index (Phi) is 5.72. The first kappa shape index (κ1) is 17.3. The molecule has 0 bridgehead atoms. The van der Waals surface area contributed by atoms with Gasteiger partial charge in [0.05, 0.1) is 26.9 Å². The Morgan fingerprint density at radius 2 is 1.50 bits per heavy atom. The minimum absolute atomic E-state index is 0.447. The Morgan fingerprint density at radius 1 is 1.00 bits per heavy atom. The summed E-state index contributed by atoms with van der Waals surface area (Å²) in [7, 11) is 0. The maximum absolute atomic E-state index is 10.4. The summed E-state index contributed by atoms with van der Waals surface area (Å²) < 4.78 is 1.22. The summed E-state index contributed by atoms with van der Waals surface area (Å²) in [6.45, 7) is 0. The van der Waals surface area contributed by atoms with Crippen molar-refractivity contribution in [3.63, 3.8) is 0 Å². The molecule has 1 aliphatic carbocycles. The molecule has 22 heavy (non-hydrogen) atoms. The molecule has 0 aromatic heterocycles. The van der Waals surface area contributed by atoms with Crippen molar-refractivity contribution in [3.8, 4) is 5.75 Å². The number of aromatic hydroxyl groups is 1. The van der Waals surface area contributed by atoms with E-state index in [2.05, 4.69) is 22.1 Å². The molecule has 1 aromatic carbocycles. The van der Waals surface area contributed by atoms with Gasteiger partial charge >= 0.3 is 56.5 Å². The zero-order chi connectivity index (χ0) is 16.9. The Labute approximate surface area is 131 Å². The molecule has 0 radical (unpaired) electrons. The van der Waals surface area contributed by atoms with Crippen molar-refractivity contribution in [2.24, 2.45) is 0 Å². The van der Waals surface area contributed by atoms with Crippen LogP contribution in [0.15, 0.2) is 34.8 Å². The number of hydrogen-bond acceptors (Lipinski definition) is 7. The van der Waals surface area contributed by atoms with Crippen LogP contribution in [0.5, 0.6) is 5.75 Å². The number of non-ortho nitro benzene ring substituents is 1. The molecule has 0 spiro atoms. The quantitative estimate of drug-likeness (QED) is 0.500. The fourth-order valence-corrected chi connectivity index (χ4v) is 1.63. The normalized spacial score (nSPS) is 12.1. The summed E-state index contributed by atoms with van der Waals surface area (Å²) in [5, 5.41) is 40.2. The van der Waals surface area contributed by atoms with Crippen molar-refractivity contribution >= 4 is 17.1 Å². The molecule has 0 atom stereocenters. The molecular weight excluding hydrogens is 342 g/mol. The number of phenols is 1. The molecule has 0 aliphatic heterocycles. The van der Waals surface area contributed by atoms with Crippen molar-refractivity contribution in [2.75, 3.05) is 0 Å². The Balaban J connectivity index is 0.000000335. The number of allylic oxidation sites excluding steroid dienone is 4. The molecule has 0 heterocycles. The Morgan fingerprint density at radius 3 is 1.73 bits per heavy atom. The first-order valence-corrected chi connectivity index (χ1v) is 6.09. The van der Waals surface area contributed by atoms with E-state index in [1.807, 2.05) is 12.2 Å². The molecule has 1 aromatic rings. The summed E-state index contributed by atoms with van der Waals surface area (Å²) in [4.78, 5) is 27.8. The summed E-state index contributed by atoms with van der Waals surface area (Å²) in [6, 6.07) is 0.894. The van der Waals surface area contributed by atoms with Crippen LogP contribution in [0.25, 0.3) is 0 Å². The number of nitro benzene ring substituents is 3. The summed E-state index contributed by atoms with van der Waals surface area (Å²) in [5.41, 5.74) is -3.00. The molecular formula is C11H8FeN3O7. The Bertz CT molecular complexity index is 664. The summed E-state index contributed by atoms with van der Waals surface area (Å²) in [5.74, 6) is -1.21. The van der Waals surface area contributed by atoms with E-state index >= 15 is 0 Å². The van der Waals surface area contributed by atoms with Crippen molar-refractivity contribution in [3.05, 3.63) is 65.2 Å². The molecule has 0 saturated carbocycles. The predicted octanol–water partition coefficient (Wildman–Crippen LogP) is 2.49. The minimum atomic E-state index is -1.21. The van der Waals surface area contributed by atoms with Crippen LogP contribution in [0.2, 0.25) is 0 Å². The van der Waals surface area contributed by atoms with Gasteiger partial charge in [0.2, 0.25) is 0 Å². The second-order valence-electron chi connectivity index (χ2n) is 3.83. The van der Waals surface area contributed by atoms with E-state index in [1.165, 1.54) is 4.47 Å². The first-order valence-electron chi connectivity index (χ1n) is 5.54. The van der Waals surface area contributed by atoms with Gasteiger partial charge in [0.1, 0.15) is 0 Å². The average Bonchev–Trinajstić information content (AvgIpc) is 2.89. The zero-order valence-electron chi connectivity index (χ0n) is 10.7. The number of phenolic OH excluding ortho intramolecular Hbond substituents is 1. The summed E-state index contributed by atoms with van der Waals surface area (Å²) in [6.07, 6.45) is 7.21. The van der Waals surface area contributed by atoms with E-state index in [0.29, 0.717) is 12.1 Å². The third-order valence-corrected chi connectivity index (χ3v) is 2.79. The molecule has 1 N–H and O–H groups in total. The van der Waals surface area contributed by atoms with Crippen LogP contribution in [0.4, 0.5) is 17.1 Å². The van der Waals surface area contributed by atoms with Crippen molar-refractivity contribution in [1.82, 2.24) is 0 Å². The van der Waals surface area contributed by atoms with Gasteiger partial charge in [-0.15, -0.1) is 0 Å². The SMILES string of the molecule is O=[N+]([O-])c1cc([N+](=O)[O-])c(O)c([N+](=O)[O-])c1.[Fe][C]1=CC=CC1. The van der Waals surface area contributed by atoms with Crippen LogP contribution in [-0.4, -0.2) is 19.9 Å². The topological polar surface area (TPSA) is 150 Å². The number of nitrogens with zero attached hydrogens (tertiary/aromatic N) is 3. The molecule has 10 nitrogen and oxygen atoms in total. The Hall–Kier alpha value is -2.78. The maximum atomic E-state index is 10.4. The molecule has 1 aliphatic rings. The van der Waals surface area contributed by atoms with Gasteiger partial charge in [-0.25, -0.2) is 0 Å². The number of rotatable bonds is 3. The molecule has 0 amide bonds. The van der Waals surface area contributed by atoms with E-state index in [1.54, 1.807) is 0 Å². The van der Waals surface area contributed by atoms with Crippen LogP contribution in [0.3, 0.4) is 0 Å². The van der Waals surface area contributed by atoms with Crippen LogP contribution in [0.1, 0.15) is 6.42 Å². The van der Waals surface area contributed by atoms with Gasteiger partial charge < -0.3 is 5.11 Å². The van der Waals surface area contributed by atoms with E-state index in [4.69, 9.17) is 5.11 Å². The predicted molar refractivity (Wildman–Crippen MR) is 69.9 cm³/mol. The molecule has 117 valence electrons.